The van der Waals surface area contributed by atoms with Crippen LogP contribution in [0.1, 0.15) is 0 Å². The number of hydrogen-bond donors (Lipinski definition) is 0. The second-order valence-electron chi connectivity index (χ2n) is 12.5. The first-order chi connectivity index (χ1) is 23.8. The molecule has 0 atom stereocenters. The summed E-state index contributed by atoms with van der Waals surface area (Å²) in [5.74, 6) is 0. The fourth-order valence-electron chi connectivity index (χ4n) is 7.60. The zero-order valence-electron chi connectivity index (χ0n) is 26.1. The Bertz CT molecular complexity index is 2850. The van der Waals surface area contributed by atoms with Crippen molar-refractivity contribution in [2.24, 2.45) is 0 Å². The van der Waals surface area contributed by atoms with Crippen LogP contribution in [0.15, 0.2) is 180 Å². The molecule has 0 N–H and O–H groups in total. The standard InChI is InChI=1S/C46H29NO/c1-2-11-30(12-3-1)37-27-28-43(45-40-17-8-9-20-44(40)48-46(37)45)47(34-25-23-33-22-21-31-13-5-7-16-36(31)41(33)29-34)42-19-10-18-38-35-15-6-4-14-32(35)24-26-39(38)42/h1-29H. The molecule has 0 aliphatic carbocycles. The molecule has 48 heavy (non-hydrogen) atoms. The van der Waals surface area contributed by atoms with E-state index in [-0.39, 0.29) is 0 Å². The van der Waals surface area contributed by atoms with Gasteiger partial charge in [-0.3, -0.25) is 0 Å². The first kappa shape index (κ1) is 26.8. The maximum atomic E-state index is 6.75. The van der Waals surface area contributed by atoms with Crippen molar-refractivity contribution >= 4 is 82.1 Å². The van der Waals surface area contributed by atoms with Gasteiger partial charge in [0.05, 0.1) is 16.8 Å². The van der Waals surface area contributed by atoms with Crippen LogP contribution in [0.4, 0.5) is 17.1 Å². The summed E-state index contributed by atoms with van der Waals surface area (Å²) in [4.78, 5) is 2.44. The van der Waals surface area contributed by atoms with E-state index in [1.165, 1.54) is 43.1 Å². The number of furan rings is 1. The van der Waals surface area contributed by atoms with Gasteiger partial charge < -0.3 is 9.32 Å². The molecule has 2 heteroatoms. The quantitative estimate of drug-likeness (QED) is 0.184. The fourth-order valence-corrected chi connectivity index (χ4v) is 7.60. The molecule has 1 heterocycles. The van der Waals surface area contributed by atoms with Crippen molar-refractivity contribution in [3.8, 4) is 11.1 Å². The first-order valence-corrected chi connectivity index (χ1v) is 16.4. The first-order valence-electron chi connectivity index (χ1n) is 16.4. The molecular formula is C46H29NO. The molecule has 0 aliphatic rings. The van der Waals surface area contributed by atoms with Crippen molar-refractivity contribution < 1.29 is 4.42 Å². The zero-order valence-corrected chi connectivity index (χ0v) is 26.1. The molecule has 10 aromatic rings. The Morgan fingerprint density at radius 1 is 0.375 bits per heavy atom. The van der Waals surface area contributed by atoms with Crippen LogP contribution in [-0.4, -0.2) is 0 Å². The Morgan fingerprint density at radius 2 is 1.00 bits per heavy atom. The minimum atomic E-state index is 0.880. The smallest absolute Gasteiger partial charge is 0.145 e. The Balaban J connectivity index is 1.34. The Morgan fingerprint density at radius 3 is 1.81 bits per heavy atom. The van der Waals surface area contributed by atoms with Gasteiger partial charge in [-0.05, 0) is 79.7 Å². The third-order valence-electron chi connectivity index (χ3n) is 9.82. The summed E-state index contributed by atoms with van der Waals surface area (Å²) in [7, 11) is 0. The topological polar surface area (TPSA) is 16.4 Å². The molecule has 2 nitrogen and oxygen atoms in total. The minimum Gasteiger partial charge on any atom is -0.455 e. The van der Waals surface area contributed by atoms with E-state index in [0.29, 0.717) is 0 Å². The van der Waals surface area contributed by atoms with Gasteiger partial charge in [-0.1, -0.05) is 140 Å². The van der Waals surface area contributed by atoms with Crippen LogP contribution < -0.4 is 4.90 Å². The highest BCUT2D eigenvalue weighted by Gasteiger charge is 2.23. The van der Waals surface area contributed by atoms with Gasteiger partial charge in [-0.15, -0.1) is 0 Å². The van der Waals surface area contributed by atoms with E-state index in [2.05, 4.69) is 181 Å². The Labute approximate surface area is 277 Å². The van der Waals surface area contributed by atoms with Crippen LogP contribution in [-0.2, 0) is 0 Å². The Hall–Kier alpha value is -6.38. The van der Waals surface area contributed by atoms with Crippen molar-refractivity contribution in [3.63, 3.8) is 0 Å². The van der Waals surface area contributed by atoms with Crippen LogP contribution in [0.5, 0.6) is 0 Å². The molecule has 0 aliphatic heterocycles. The molecule has 0 fully saturated rings. The van der Waals surface area contributed by atoms with E-state index < -0.39 is 0 Å². The monoisotopic (exact) mass is 611 g/mol. The summed E-state index contributed by atoms with van der Waals surface area (Å²) in [5, 5.41) is 12.1. The highest BCUT2D eigenvalue weighted by Crippen LogP contribution is 2.48. The number of hydrogen-bond acceptors (Lipinski definition) is 2. The van der Waals surface area contributed by atoms with Crippen LogP contribution in [0.3, 0.4) is 0 Å². The van der Waals surface area contributed by atoms with Gasteiger partial charge >= 0.3 is 0 Å². The lowest BCUT2D eigenvalue weighted by Crippen LogP contribution is -2.11. The van der Waals surface area contributed by atoms with Gasteiger partial charge in [0.15, 0.2) is 0 Å². The molecule has 1 aromatic heterocycles. The van der Waals surface area contributed by atoms with Crippen molar-refractivity contribution in [1.29, 1.82) is 0 Å². The van der Waals surface area contributed by atoms with Crippen LogP contribution >= 0.6 is 0 Å². The van der Waals surface area contributed by atoms with Crippen LogP contribution in [0, 0.1) is 0 Å². The SMILES string of the molecule is c1ccc(-c2ccc(N(c3ccc4ccc5ccccc5c4c3)c3cccc4c3ccc3ccccc34)c3c2oc2ccccc23)cc1. The van der Waals surface area contributed by atoms with E-state index in [1.54, 1.807) is 0 Å². The zero-order chi connectivity index (χ0) is 31.6. The third kappa shape index (κ3) is 4.06. The highest BCUT2D eigenvalue weighted by molar-refractivity contribution is 6.20. The summed E-state index contributed by atoms with van der Waals surface area (Å²) < 4.78 is 6.75. The van der Waals surface area contributed by atoms with Gasteiger partial charge in [0.25, 0.3) is 0 Å². The van der Waals surface area contributed by atoms with E-state index in [1.807, 2.05) is 0 Å². The normalized spacial score (nSPS) is 11.8. The average molecular weight is 612 g/mol. The molecule has 224 valence electrons. The van der Waals surface area contributed by atoms with Crippen molar-refractivity contribution in [2.75, 3.05) is 4.90 Å². The van der Waals surface area contributed by atoms with Crippen LogP contribution in [0.25, 0.3) is 76.2 Å². The van der Waals surface area contributed by atoms with Gasteiger partial charge in [0.1, 0.15) is 11.2 Å². The summed E-state index contributed by atoms with van der Waals surface area (Å²) >= 11 is 0. The van der Waals surface area contributed by atoms with Crippen molar-refractivity contribution in [3.05, 3.63) is 176 Å². The molecule has 0 unspecified atom stereocenters. The summed E-state index contributed by atoms with van der Waals surface area (Å²) in [6.45, 7) is 0. The maximum Gasteiger partial charge on any atom is 0.145 e. The molecule has 9 aromatic carbocycles. The minimum absolute atomic E-state index is 0.880. The number of para-hydroxylation sites is 1. The summed E-state index contributed by atoms with van der Waals surface area (Å²) in [5.41, 5.74) is 7.28. The highest BCUT2D eigenvalue weighted by atomic mass is 16.3. The van der Waals surface area contributed by atoms with E-state index in [4.69, 9.17) is 4.42 Å². The average Bonchev–Trinajstić information content (AvgIpc) is 3.55. The molecule has 10 rings (SSSR count). The Kier molecular flexibility index (Phi) is 5.91. The molecule has 0 saturated carbocycles. The lowest BCUT2D eigenvalue weighted by molar-refractivity contribution is 0.670. The summed E-state index contributed by atoms with van der Waals surface area (Å²) in [6.07, 6.45) is 0. The molecular weight excluding hydrogens is 583 g/mol. The van der Waals surface area contributed by atoms with E-state index in [0.717, 1.165) is 50.1 Å². The molecule has 0 spiro atoms. The van der Waals surface area contributed by atoms with Gasteiger partial charge in [0.2, 0.25) is 0 Å². The van der Waals surface area contributed by atoms with Crippen molar-refractivity contribution in [2.45, 2.75) is 0 Å². The van der Waals surface area contributed by atoms with Gasteiger partial charge in [0, 0.05) is 22.0 Å². The van der Waals surface area contributed by atoms with E-state index in [9.17, 15) is 0 Å². The predicted octanol–water partition coefficient (Wildman–Crippen LogP) is 13.3. The number of anilines is 3. The van der Waals surface area contributed by atoms with Gasteiger partial charge in [-0.2, -0.15) is 0 Å². The molecule has 0 radical (unpaired) electrons. The predicted molar refractivity (Wildman–Crippen MR) is 204 cm³/mol. The van der Waals surface area contributed by atoms with Crippen LogP contribution in [0.2, 0.25) is 0 Å². The largest absolute Gasteiger partial charge is 0.455 e. The third-order valence-corrected chi connectivity index (χ3v) is 9.82. The molecule has 0 amide bonds. The second kappa shape index (κ2) is 10.6. The number of nitrogens with zero attached hydrogens (tertiary/aromatic N) is 1. The fraction of sp³-hybridized carbons (Fsp3) is 0. The number of rotatable bonds is 4. The lowest BCUT2D eigenvalue weighted by Gasteiger charge is -2.28. The second-order valence-corrected chi connectivity index (χ2v) is 12.5. The number of benzene rings is 9. The lowest BCUT2D eigenvalue weighted by atomic mass is 9.97. The van der Waals surface area contributed by atoms with E-state index >= 15 is 0 Å². The maximum absolute atomic E-state index is 6.75. The number of fused-ring (bicyclic) bond motifs is 9. The van der Waals surface area contributed by atoms with Gasteiger partial charge in [-0.25, -0.2) is 0 Å². The molecule has 0 saturated heterocycles. The van der Waals surface area contributed by atoms with Crippen molar-refractivity contribution in [1.82, 2.24) is 0 Å². The molecule has 0 bridgehead atoms. The summed E-state index contributed by atoms with van der Waals surface area (Å²) in [6, 6.07) is 63.3.